The number of nitro groups is 1. The van der Waals surface area contributed by atoms with E-state index in [2.05, 4.69) is 11.1 Å². The molecule has 0 aliphatic rings. The zero-order valence-corrected chi connectivity index (χ0v) is 10.2. The number of hydrogen-bond donors (Lipinski definition) is 0. The second-order valence-electron chi connectivity index (χ2n) is 4.23. The fourth-order valence-electron chi connectivity index (χ4n) is 1.95. The van der Waals surface area contributed by atoms with Gasteiger partial charge in [-0.05, 0) is 24.3 Å². The zero-order chi connectivity index (χ0) is 14.1. The van der Waals surface area contributed by atoms with E-state index in [1.54, 1.807) is 41.1 Å². The van der Waals surface area contributed by atoms with Crippen LogP contribution in [0, 0.1) is 21.4 Å². The molecule has 2 heterocycles. The first-order valence-electron chi connectivity index (χ1n) is 5.81. The van der Waals surface area contributed by atoms with Gasteiger partial charge in [0.05, 0.1) is 16.2 Å². The molecule has 6 heteroatoms. The highest BCUT2D eigenvalue weighted by molar-refractivity contribution is 5.64. The number of rotatable bonds is 2. The van der Waals surface area contributed by atoms with Crippen LogP contribution in [0.1, 0.15) is 5.56 Å². The SMILES string of the molecule is N#Cc1ccc2nc(-c3ccc([N+](=O)[O-])cc3)cn2c1. The van der Waals surface area contributed by atoms with Crippen molar-refractivity contribution in [1.82, 2.24) is 9.38 Å². The standard InChI is InChI=1S/C14H8N4O2/c15-7-10-1-6-14-16-13(9-17(14)8-10)11-2-4-12(5-3-11)18(19)20/h1-6,8-9H. The van der Waals surface area contributed by atoms with Crippen LogP contribution in [-0.2, 0) is 0 Å². The summed E-state index contributed by atoms with van der Waals surface area (Å²) in [5, 5.41) is 19.5. The van der Waals surface area contributed by atoms with E-state index in [-0.39, 0.29) is 5.69 Å². The highest BCUT2D eigenvalue weighted by atomic mass is 16.6. The second-order valence-corrected chi connectivity index (χ2v) is 4.23. The first-order valence-corrected chi connectivity index (χ1v) is 5.81. The Labute approximate surface area is 113 Å². The lowest BCUT2D eigenvalue weighted by Gasteiger charge is -1.95. The molecule has 0 unspecified atom stereocenters. The van der Waals surface area contributed by atoms with Gasteiger partial charge in [-0.2, -0.15) is 5.26 Å². The maximum atomic E-state index is 10.6. The van der Waals surface area contributed by atoms with Crippen LogP contribution in [0.15, 0.2) is 48.8 Å². The largest absolute Gasteiger partial charge is 0.305 e. The van der Waals surface area contributed by atoms with Gasteiger partial charge < -0.3 is 4.40 Å². The molecule has 0 fully saturated rings. The molecule has 3 rings (SSSR count). The van der Waals surface area contributed by atoms with Gasteiger partial charge in [-0.25, -0.2) is 4.98 Å². The van der Waals surface area contributed by atoms with Gasteiger partial charge in [0.25, 0.3) is 5.69 Å². The van der Waals surface area contributed by atoms with Crippen molar-refractivity contribution in [1.29, 1.82) is 5.26 Å². The Kier molecular flexibility index (Phi) is 2.66. The van der Waals surface area contributed by atoms with E-state index in [1.165, 1.54) is 12.1 Å². The number of imidazole rings is 1. The Hall–Kier alpha value is -3.20. The van der Waals surface area contributed by atoms with Crippen LogP contribution in [0.3, 0.4) is 0 Å². The van der Waals surface area contributed by atoms with Crippen LogP contribution in [0.4, 0.5) is 5.69 Å². The highest BCUT2D eigenvalue weighted by Gasteiger charge is 2.08. The number of benzene rings is 1. The predicted molar refractivity (Wildman–Crippen MR) is 72.0 cm³/mol. The molecular weight excluding hydrogens is 256 g/mol. The molecule has 0 radical (unpaired) electrons. The predicted octanol–water partition coefficient (Wildman–Crippen LogP) is 2.78. The summed E-state index contributed by atoms with van der Waals surface area (Å²) in [6.07, 6.45) is 3.48. The van der Waals surface area contributed by atoms with E-state index in [9.17, 15) is 10.1 Å². The van der Waals surface area contributed by atoms with E-state index in [0.29, 0.717) is 11.3 Å². The summed E-state index contributed by atoms with van der Waals surface area (Å²) >= 11 is 0. The third-order valence-corrected chi connectivity index (χ3v) is 2.95. The lowest BCUT2D eigenvalue weighted by molar-refractivity contribution is -0.384. The topological polar surface area (TPSA) is 84.2 Å². The fraction of sp³-hybridized carbons (Fsp3) is 0. The number of pyridine rings is 1. The van der Waals surface area contributed by atoms with E-state index in [4.69, 9.17) is 5.26 Å². The van der Waals surface area contributed by atoms with Crippen molar-refractivity contribution in [2.75, 3.05) is 0 Å². The number of nitriles is 1. The minimum absolute atomic E-state index is 0.0456. The maximum Gasteiger partial charge on any atom is 0.269 e. The average molecular weight is 264 g/mol. The van der Waals surface area contributed by atoms with Crippen LogP contribution < -0.4 is 0 Å². The summed E-state index contributed by atoms with van der Waals surface area (Å²) in [6.45, 7) is 0. The summed E-state index contributed by atoms with van der Waals surface area (Å²) in [6, 6.07) is 11.7. The van der Waals surface area contributed by atoms with Gasteiger partial charge in [0, 0.05) is 30.1 Å². The molecule has 96 valence electrons. The summed E-state index contributed by atoms with van der Waals surface area (Å²) in [7, 11) is 0. The number of fused-ring (bicyclic) bond motifs is 1. The normalized spacial score (nSPS) is 10.3. The van der Waals surface area contributed by atoms with Crippen LogP contribution in [0.2, 0.25) is 0 Å². The molecule has 0 N–H and O–H groups in total. The molecule has 0 bridgehead atoms. The van der Waals surface area contributed by atoms with Gasteiger partial charge in [0.1, 0.15) is 11.7 Å². The fourth-order valence-corrected chi connectivity index (χ4v) is 1.95. The Balaban J connectivity index is 2.05. The summed E-state index contributed by atoms with van der Waals surface area (Å²) < 4.78 is 1.76. The first kappa shape index (κ1) is 11.9. The van der Waals surface area contributed by atoms with Crippen molar-refractivity contribution in [2.24, 2.45) is 0 Å². The van der Waals surface area contributed by atoms with Crippen LogP contribution in [0.5, 0.6) is 0 Å². The lowest BCUT2D eigenvalue weighted by atomic mass is 10.1. The number of nitro benzene ring substituents is 1. The van der Waals surface area contributed by atoms with Gasteiger partial charge in [0.15, 0.2) is 0 Å². The molecule has 3 aromatic rings. The molecule has 0 spiro atoms. The van der Waals surface area contributed by atoms with Crippen molar-refractivity contribution >= 4 is 11.3 Å². The number of nitrogens with zero attached hydrogens (tertiary/aromatic N) is 4. The molecule has 0 atom stereocenters. The maximum absolute atomic E-state index is 10.6. The minimum Gasteiger partial charge on any atom is -0.305 e. The van der Waals surface area contributed by atoms with Crippen LogP contribution in [0.25, 0.3) is 16.9 Å². The van der Waals surface area contributed by atoms with Crippen molar-refractivity contribution < 1.29 is 4.92 Å². The van der Waals surface area contributed by atoms with Crippen molar-refractivity contribution in [3.8, 4) is 17.3 Å². The van der Waals surface area contributed by atoms with Gasteiger partial charge in [-0.15, -0.1) is 0 Å². The molecule has 20 heavy (non-hydrogen) atoms. The number of hydrogen-bond acceptors (Lipinski definition) is 4. The Bertz CT molecular complexity index is 844. The zero-order valence-electron chi connectivity index (χ0n) is 10.2. The van der Waals surface area contributed by atoms with E-state index < -0.39 is 4.92 Å². The monoisotopic (exact) mass is 264 g/mol. The van der Waals surface area contributed by atoms with E-state index >= 15 is 0 Å². The van der Waals surface area contributed by atoms with Crippen molar-refractivity contribution in [3.63, 3.8) is 0 Å². The number of aromatic nitrogens is 2. The Morgan fingerprint density at radius 1 is 1.15 bits per heavy atom. The summed E-state index contributed by atoms with van der Waals surface area (Å²) in [5.41, 5.74) is 2.81. The molecule has 0 aliphatic heterocycles. The molecule has 0 saturated heterocycles. The molecule has 0 amide bonds. The lowest BCUT2D eigenvalue weighted by Crippen LogP contribution is -1.87. The van der Waals surface area contributed by atoms with Gasteiger partial charge in [0.2, 0.25) is 0 Å². The quantitative estimate of drug-likeness (QED) is 0.526. The molecule has 1 aromatic carbocycles. The molecule has 6 nitrogen and oxygen atoms in total. The van der Waals surface area contributed by atoms with Crippen LogP contribution >= 0.6 is 0 Å². The molecular formula is C14H8N4O2. The molecule has 0 saturated carbocycles. The van der Waals surface area contributed by atoms with Gasteiger partial charge >= 0.3 is 0 Å². The van der Waals surface area contributed by atoms with Gasteiger partial charge in [-0.1, -0.05) is 0 Å². The van der Waals surface area contributed by atoms with E-state index in [1.807, 2.05) is 0 Å². The summed E-state index contributed by atoms with van der Waals surface area (Å²) in [5.74, 6) is 0. The Morgan fingerprint density at radius 2 is 1.90 bits per heavy atom. The van der Waals surface area contributed by atoms with Crippen molar-refractivity contribution in [2.45, 2.75) is 0 Å². The second kappa shape index (κ2) is 4.48. The average Bonchev–Trinajstić information content (AvgIpc) is 2.90. The molecule has 2 aromatic heterocycles. The first-order chi connectivity index (χ1) is 9.67. The van der Waals surface area contributed by atoms with E-state index in [0.717, 1.165) is 11.2 Å². The third-order valence-electron chi connectivity index (χ3n) is 2.95. The minimum atomic E-state index is -0.438. The van der Waals surface area contributed by atoms with Crippen molar-refractivity contribution in [3.05, 3.63) is 64.5 Å². The molecule has 0 aliphatic carbocycles. The number of non-ortho nitro benzene ring substituents is 1. The summed E-state index contributed by atoms with van der Waals surface area (Å²) in [4.78, 5) is 14.6. The third kappa shape index (κ3) is 1.97. The van der Waals surface area contributed by atoms with Gasteiger partial charge in [-0.3, -0.25) is 10.1 Å². The smallest absolute Gasteiger partial charge is 0.269 e. The highest BCUT2D eigenvalue weighted by Crippen LogP contribution is 2.22. The Morgan fingerprint density at radius 3 is 2.55 bits per heavy atom. The van der Waals surface area contributed by atoms with Crippen LogP contribution in [-0.4, -0.2) is 14.3 Å².